The predicted octanol–water partition coefficient (Wildman–Crippen LogP) is 1.51. The summed E-state index contributed by atoms with van der Waals surface area (Å²) >= 11 is 0. The molecule has 1 aromatic heterocycles. The third-order valence-corrected chi connectivity index (χ3v) is 3.89. The van der Waals surface area contributed by atoms with Gasteiger partial charge in [-0.2, -0.15) is 0 Å². The first-order chi connectivity index (χ1) is 10.1. The number of hydrogen-bond donors (Lipinski definition) is 1. The summed E-state index contributed by atoms with van der Waals surface area (Å²) in [5.74, 6) is -0.541. The number of esters is 1. The van der Waals surface area contributed by atoms with Gasteiger partial charge in [0.2, 0.25) is 5.82 Å². The lowest BCUT2D eigenvalue weighted by Gasteiger charge is -2.20. The maximum Gasteiger partial charge on any atom is 0.356 e. The molecule has 2 aliphatic rings. The molecule has 2 saturated heterocycles. The number of anilines is 1. The van der Waals surface area contributed by atoms with E-state index in [-0.39, 0.29) is 35.4 Å². The first-order valence-electron chi connectivity index (χ1n) is 6.74. The summed E-state index contributed by atoms with van der Waals surface area (Å²) in [6.45, 7) is 0. The molecular formula is C13H15N3O5. The number of rotatable bonds is 4. The lowest BCUT2D eigenvalue weighted by Crippen LogP contribution is -2.31. The minimum Gasteiger partial charge on any atom is -0.464 e. The lowest BCUT2D eigenvalue weighted by atomic mass is 9.95. The van der Waals surface area contributed by atoms with E-state index in [0.29, 0.717) is 0 Å². The Bertz CT molecular complexity index is 591. The van der Waals surface area contributed by atoms with Crippen LogP contribution in [0.25, 0.3) is 0 Å². The van der Waals surface area contributed by atoms with Gasteiger partial charge < -0.3 is 14.8 Å². The minimum atomic E-state index is -0.628. The molecule has 0 amide bonds. The number of fused-ring (bicyclic) bond motifs is 2. The van der Waals surface area contributed by atoms with Crippen molar-refractivity contribution in [1.29, 1.82) is 0 Å². The van der Waals surface area contributed by atoms with Gasteiger partial charge in [0.15, 0.2) is 5.69 Å². The van der Waals surface area contributed by atoms with Gasteiger partial charge in [0.1, 0.15) is 0 Å². The van der Waals surface area contributed by atoms with Crippen LogP contribution in [0.3, 0.4) is 0 Å². The minimum absolute atomic E-state index is 0.0113. The summed E-state index contributed by atoms with van der Waals surface area (Å²) in [6, 6.07) is 2.53. The molecule has 2 aliphatic heterocycles. The monoisotopic (exact) mass is 293 g/mol. The van der Waals surface area contributed by atoms with E-state index in [0.717, 1.165) is 19.3 Å². The second-order valence-electron chi connectivity index (χ2n) is 5.17. The largest absolute Gasteiger partial charge is 0.464 e. The molecule has 2 fully saturated rings. The molecule has 0 radical (unpaired) electrons. The Kier molecular flexibility index (Phi) is 3.46. The number of methoxy groups -OCH3 is 1. The second kappa shape index (κ2) is 5.28. The second-order valence-corrected chi connectivity index (χ2v) is 5.17. The quantitative estimate of drug-likeness (QED) is 0.509. The zero-order chi connectivity index (χ0) is 15.0. The van der Waals surface area contributed by atoms with Gasteiger partial charge in [0.25, 0.3) is 0 Å². The summed E-state index contributed by atoms with van der Waals surface area (Å²) in [6.07, 6.45) is 3.04. The number of carbonyl (C=O) groups excluding carboxylic acids is 1. The van der Waals surface area contributed by atoms with Gasteiger partial charge in [0.05, 0.1) is 30.3 Å². The number of pyridine rings is 1. The Hall–Kier alpha value is -2.22. The van der Waals surface area contributed by atoms with Crippen molar-refractivity contribution >= 4 is 17.5 Å². The van der Waals surface area contributed by atoms with Crippen LogP contribution in [0.1, 0.15) is 29.8 Å². The molecule has 2 bridgehead atoms. The highest BCUT2D eigenvalue weighted by molar-refractivity contribution is 5.88. The summed E-state index contributed by atoms with van der Waals surface area (Å²) in [4.78, 5) is 26.1. The number of nitrogens with zero attached hydrogens (tertiary/aromatic N) is 2. The van der Waals surface area contributed by atoms with Gasteiger partial charge in [-0.1, -0.05) is 0 Å². The Morgan fingerprint density at radius 2 is 2.33 bits per heavy atom. The lowest BCUT2D eigenvalue weighted by molar-refractivity contribution is -0.384. The van der Waals surface area contributed by atoms with Crippen molar-refractivity contribution in [3.63, 3.8) is 0 Å². The smallest absolute Gasteiger partial charge is 0.356 e. The zero-order valence-corrected chi connectivity index (χ0v) is 11.4. The van der Waals surface area contributed by atoms with Crippen molar-refractivity contribution in [1.82, 2.24) is 4.98 Å². The van der Waals surface area contributed by atoms with Crippen LogP contribution >= 0.6 is 0 Å². The number of nitro groups is 1. The first-order valence-corrected chi connectivity index (χ1v) is 6.74. The number of hydrogen-bond acceptors (Lipinski definition) is 7. The van der Waals surface area contributed by atoms with E-state index in [1.165, 1.54) is 19.2 Å². The third kappa shape index (κ3) is 2.54. The van der Waals surface area contributed by atoms with E-state index in [1.807, 2.05) is 0 Å². The van der Waals surface area contributed by atoms with E-state index in [4.69, 9.17) is 4.74 Å². The van der Waals surface area contributed by atoms with Crippen LogP contribution in [-0.2, 0) is 9.47 Å². The Labute approximate surface area is 120 Å². The number of carbonyl (C=O) groups is 1. The van der Waals surface area contributed by atoms with Crippen molar-refractivity contribution < 1.29 is 19.2 Å². The average molecular weight is 293 g/mol. The summed E-state index contributed by atoms with van der Waals surface area (Å²) in [5, 5.41) is 14.1. The Balaban J connectivity index is 1.87. The molecular weight excluding hydrogens is 278 g/mol. The van der Waals surface area contributed by atoms with Crippen LogP contribution in [0.2, 0.25) is 0 Å². The number of aromatic nitrogens is 1. The summed E-state index contributed by atoms with van der Waals surface area (Å²) < 4.78 is 10.3. The van der Waals surface area contributed by atoms with E-state index < -0.39 is 10.9 Å². The Morgan fingerprint density at radius 3 is 2.90 bits per heavy atom. The molecule has 3 unspecified atom stereocenters. The molecule has 1 aromatic rings. The van der Waals surface area contributed by atoms with Gasteiger partial charge >= 0.3 is 11.7 Å². The van der Waals surface area contributed by atoms with Crippen molar-refractivity contribution in [2.24, 2.45) is 0 Å². The van der Waals surface area contributed by atoms with E-state index in [9.17, 15) is 14.9 Å². The first kappa shape index (κ1) is 13.7. The molecule has 3 atom stereocenters. The fourth-order valence-corrected chi connectivity index (χ4v) is 2.89. The van der Waals surface area contributed by atoms with Crippen LogP contribution in [-0.4, -0.2) is 41.2 Å². The van der Waals surface area contributed by atoms with Gasteiger partial charge in [-0.25, -0.2) is 9.78 Å². The van der Waals surface area contributed by atoms with Gasteiger partial charge in [-0.15, -0.1) is 0 Å². The third-order valence-electron chi connectivity index (χ3n) is 3.89. The van der Waals surface area contributed by atoms with E-state index in [1.54, 1.807) is 0 Å². The number of ether oxygens (including phenoxy) is 2. The molecule has 1 N–H and O–H groups in total. The van der Waals surface area contributed by atoms with Gasteiger partial charge in [-0.05, 0) is 25.3 Å². The molecule has 21 heavy (non-hydrogen) atoms. The topological polar surface area (TPSA) is 104 Å². The van der Waals surface area contributed by atoms with Crippen molar-refractivity contribution in [2.75, 3.05) is 12.4 Å². The number of nitrogens with one attached hydrogen (secondary N) is 1. The highest BCUT2D eigenvalue weighted by atomic mass is 16.6. The van der Waals surface area contributed by atoms with Crippen molar-refractivity contribution in [3.05, 3.63) is 27.9 Å². The predicted molar refractivity (Wildman–Crippen MR) is 72.2 cm³/mol. The van der Waals surface area contributed by atoms with Crippen molar-refractivity contribution in [2.45, 2.75) is 37.5 Å². The fraction of sp³-hybridized carbons (Fsp3) is 0.538. The maximum atomic E-state index is 11.5. The molecule has 0 spiro atoms. The van der Waals surface area contributed by atoms with Gasteiger partial charge in [0, 0.05) is 6.07 Å². The van der Waals surface area contributed by atoms with Crippen LogP contribution < -0.4 is 5.32 Å². The molecule has 0 saturated carbocycles. The van der Waals surface area contributed by atoms with Crippen LogP contribution in [0.5, 0.6) is 0 Å². The fourth-order valence-electron chi connectivity index (χ4n) is 2.89. The highest BCUT2D eigenvalue weighted by Gasteiger charge is 2.41. The normalized spacial score (nSPS) is 26.6. The van der Waals surface area contributed by atoms with Crippen LogP contribution in [0.4, 0.5) is 11.5 Å². The summed E-state index contributed by atoms with van der Waals surface area (Å²) in [7, 11) is 1.24. The Morgan fingerprint density at radius 1 is 1.52 bits per heavy atom. The highest BCUT2D eigenvalue weighted by Crippen LogP contribution is 2.37. The standard InChI is InChI=1S/C13H15N3O5/c1-20-13(17)8-3-4-10(16(18)19)12(14-8)15-9-6-7-2-5-11(9)21-7/h3-4,7,9,11H,2,5-6H2,1H3,(H,14,15). The molecule has 112 valence electrons. The van der Waals surface area contributed by atoms with Gasteiger partial charge in [-0.3, -0.25) is 10.1 Å². The van der Waals surface area contributed by atoms with E-state index >= 15 is 0 Å². The van der Waals surface area contributed by atoms with E-state index in [2.05, 4.69) is 15.0 Å². The molecule has 3 rings (SSSR count). The SMILES string of the molecule is COC(=O)c1ccc([N+](=O)[O-])c(NC2CC3CCC2O3)n1. The summed E-state index contributed by atoms with van der Waals surface area (Å²) in [5.41, 5.74) is -0.125. The van der Waals surface area contributed by atoms with Crippen molar-refractivity contribution in [3.8, 4) is 0 Å². The molecule has 0 aliphatic carbocycles. The molecule has 8 nitrogen and oxygen atoms in total. The zero-order valence-electron chi connectivity index (χ0n) is 11.4. The molecule has 3 heterocycles. The maximum absolute atomic E-state index is 11.5. The molecule has 8 heteroatoms. The average Bonchev–Trinajstić information content (AvgIpc) is 3.08. The molecule has 0 aromatic carbocycles. The van der Waals surface area contributed by atoms with Crippen LogP contribution in [0.15, 0.2) is 12.1 Å². The van der Waals surface area contributed by atoms with Crippen LogP contribution in [0, 0.1) is 10.1 Å².